The fourth-order valence-electron chi connectivity index (χ4n) is 3.09. The molecule has 8 nitrogen and oxygen atoms in total. The van der Waals surface area contributed by atoms with Crippen LogP contribution in [0.3, 0.4) is 0 Å². The zero-order valence-electron chi connectivity index (χ0n) is 16.0. The monoisotopic (exact) mass is 412 g/mol. The highest BCUT2D eigenvalue weighted by molar-refractivity contribution is 7.99. The number of aromatic amines is 1. The molecule has 3 N–H and O–H groups in total. The third-order valence-corrected chi connectivity index (χ3v) is 5.50. The first-order valence-corrected chi connectivity index (χ1v) is 10.6. The molecule has 2 aromatic heterocycles. The summed E-state index contributed by atoms with van der Waals surface area (Å²) in [5.74, 6) is 2.27. The van der Waals surface area contributed by atoms with Crippen LogP contribution >= 0.6 is 11.8 Å². The van der Waals surface area contributed by atoms with Crippen LogP contribution in [0, 0.1) is 0 Å². The van der Waals surface area contributed by atoms with E-state index < -0.39 is 0 Å². The fourth-order valence-corrected chi connectivity index (χ4v) is 3.86. The maximum atomic E-state index is 9.03. The van der Waals surface area contributed by atoms with Gasteiger partial charge in [-0.3, -0.25) is 5.43 Å². The molecule has 0 aliphatic carbocycles. The third-order valence-electron chi connectivity index (χ3n) is 4.56. The molecule has 152 valence electrons. The molecule has 3 heterocycles. The SMILES string of the molecule is OCCCSc1nc(N/N=C\c2c[nH]c3ccccc23)cc(N2CCOCC2)n1. The maximum Gasteiger partial charge on any atom is 0.191 e. The smallest absolute Gasteiger partial charge is 0.191 e. The van der Waals surface area contributed by atoms with Crippen LogP contribution in [0.5, 0.6) is 0 Å². The molecule has 29 heavy (non-hydrogen) atoms. The molecule has 0 radical (unpaired) electrons. The van der Waals surface area contributed by atoms with Gasteiger partial charge in [0.05, 0.1) is 19.4 Å². The molecular weight excluding hydrogens is 388 g/mol. The van der Waals surface area contributed by atoms with Crippen molar-refractivity contribution in [3.05, 3.63) is 42.1 Å². The normalized spacial score (nSPS) is 14.7. The molecule has 1 aliphatic rings. The van der Waals surface area contributed by atoms with Gasteiger partial charge in [0.25, 0.3) is 0 Å². The van der Waals surface area contributed by atoms with E-state index in [4.69, 9.17) is 9.84 Å². The summed E-state index contributed by atoms with van der Waals surface area (Å²) in [6.07, 6.45) is 4.43. The van der Waals surface area contributed by atoms with Gasteiger partial charge in [-0.15, -0.1) is 0 Å². The number of aliphatic hydroxyl groups is 1. The topological polar surface area (TPSA) is 98.7 Å². The predicted molar refractivity (Wildman–Crippen MR) is 117 cm³/mol. The molecule has 9 heteroatoms. The van der Waals surface area contributed by atoms with Gasteiger partial charge >= 0.3 is 0 Å². The van der Waals surface area contributed by atoms with E-state index in [1.54, 1.807) is 6.21 Å². The van der Waals surface area contributed by atoms with Gasteiger partial charge < -0.3 is 19.7 Å². The largest absolute Gasteiger partial charge is 0.396 e. The lowest BCUT2D eigenvalue weighted by molar-refractivity contribution is 0.122. The van der Waals surface area contributed by atoms with Crippen molar-refractivity contribution in [2.45, 2.75) is 11.6 Å². The van der Waals surface area contributed by atoms with E-state index in [-0.39, 0.29) is 6.61 Å². The van der Waals surface area contributed by atoms with Crippen molar-refractivity contribution in [3.8, 4) is 0 Å². The van der Waals surface area contributed by atoms with E-state index in [2.05, 4.69) is 36.4 Å². The highest BCUT2D eigenvalue weighted by Gasteiger charge is 2.15. The second-order valence-electron chi connectivity index (χ2n) is 6.58. The van der Waals surface area contributed by atoms with Crippen molar-refractivity contribution >= 4 is 40.5 Å². The predicted octanol–water partition coefficient (Wildman–Crippen LogP) is 2.72. The number of nitrogens with one attached hydrogen (secondary N) is 2. The van der Waals surface area contributed by atoms with Crippen LogP contribution < -0.4 is 10.3 Å². The molecule has 0 amide bonds. The molecule has 1 aromatic carbocycles. The Morgan fingerprint density at radius 1 is 1.28 bits per heavy atom. The molecule has 0 unspecified atom stereocenters. The third kappa shape index (κ3) is 5.06. The van der Waals surface area contributed by atoms with Crippen LogP contribution in [-0.2, 0) is 4.74 Å². The van der Waals surface area contributed by atoms with Crippen molar-refractivity contribution < 1.29 is 9.84 Å². The van der Waals surface area contributed by atoms with Gasteiger partial charge in [0, 0.05) is 54.2 Å². The van der Waals surface area contributed by atoms with Gasteiger partial charge in [0.15, 0.2) is 11.0 Å². The van der Waals surface area contributed by atoms with Crippen molar-refractivity contribution in [1.82, 2.24) is 15.0 Å². The molecule has 1 aliphatic heterocycles. The second-order valence-corrected chi connectivity index (χ2v) is 7.64. The van der Waals surface area contributed by atoms with Crippen LogP contribution in [0.4, 0.5) is 11.6 Å². The number of hydrazone groups is 1. The summed E-state index contributed by atoms with van der Waals surface area (Å²) in [6, 6.07) is 10.0. The zero-order valence-corrected chi connectivity index (χ0v) is 16.9. The molecule has 1 saturated heterocycles. The number of anilines is 2. The first-order chi connectivity index (χ1) is 14.3. The van der Waals surface area contributed by atoms with Crippen LogP contribution in [0.25, 0.3) is 10.9 Å². The number of fused-ring (bicyclic) bond motifs is 1. The van der Waals surface area contributed by atoms with Gasteiger partial charge in [-0.05, 0) is 12.5 Å². The average molecular weight is 413 g/mol. The number of ether oxygens (including phenoxy) is 1. The lowest BCUT2D eigenvalue weighted by atomic mass is 10.2. The number of rotatable bonds is 8. The molecule has 4 rings (SSSR count). The Balaban J connectivity index is 1.52. The summed E-state index contributed by atoms with van der Waals surface area (Å²) >= 11 is 1.53. The Bertz CT molecular complexity index is 971. The van der Waals surface area contributed by atoms with Gasteiger partial charge in [0.2, 0.25) is 0 Å². The molecular formula is C20H24N6O2S. The van der Waals surface area contributed by atoms with Crippen molar-refractivity contribution in [2.75, 3.05) is 49.0 Å². The van der Waals surface area contributed by atoms with E-state index in [1.807, 2.05) is 30.5 Å². The number of para-hydroxylation sites is 1. The highest BCUT2D eigenvalue weighted by atomic mass is 32.2. The Morgan fingerprint density at radius 3 is 3.00 bits per heavy atom. The van der Waals surface area contributed by atoms with Gasteiger partial charge in [-0.1, -0.05) is 30.0 Å². The van der Waals surface area contributed by atoms with Gasteiger partial charge in [0.1, 0.15) is 5.82 Å². The van der Waals surface area contributed by atoms with Crippen molar-refractivity contribution in [2.24, 2.45) is 5.10 Å². The van der Waals surface area contributed by atoms with E-state index in [9.17, 15) is 0 Å². The summed E-state index contributed by atoms with van der Waals surface area (Å²) in [6.45, 7) is 3.15. The van der Waals surface area contributed by atoms with Crippen LogP contribution in [-0.4, -0.2) is 64.9 Å². The maximum absolute atomic E-state index is 9.03. The molecule has 0 atom stereocenters. The van der Waals surface area contributed by atoms with Crippen molar-refractivity contribution in [3.63, 3.8) is 0 Å². The Labute approximate surface area is 173 Å². The highest BCUT2D eigenvalue weighted by Crippen LogP contribution is 2.23. The number of morpholine rings is 1. The molecule has 0 saturated carbocycles. The molecule has 0 bridgehead atoms. The number of hydrogen-bond donors (Lipinski definition) is 3. The molecule has 3 aromatic rings. The quantitative estimate of drug-likeness (QED) is 0.172. The summed E-state index contributed by atoms with van der Waals surface area (Å²) < 4.78 is 5.44. The number of aromatic nitrogens is 3. The Hall–Kier alpha value is -2.62. The minimum Gasteiger partial charge on any atom is -0.396 e. The van der Waals surface area contributed by atoms with E-state index in [0.717, 1.165) is 41.1 Å². The number of H-pyrrole nitrogens is 1. The number of benzene rings is 1. The van der Waals surface area contributed by atoms with E-state index in [1.165, 1.54) is 11.8 Å². The minimum atomic E-state index is 0.163. The number of aliphatic hydroxyl groups excluding tert-OH is 1. The average Bonchev–Trinajstić information content (AvgIpc) is 3.18. The van der Waals surface area contributed by atoms with Crippen molar-refractivity contribution in [1.29, 1.82) is 0 Å². The first kappa shape index (κ1) is 19.7. The number of thioether (sulfide) groups is 1. The second kappa shape index (κ2) is 9.73. The first-order valence-electron chi connectivity index (χ1n) is 9.64. The van der Waals surface area contributed by atoms with E-state index >= 15 is 0 Å². The van der Waals surface area contributed by atoms with Crippen LogP contribution in [0.15, 0.2) is 46.8 Å². The van der Waals surface area contributed by atoms with Gasteiger partial charge in [-0.2, -0.15) is 5.10 Å². The van der Waals surface area contributed by atoms with Crippen LogP contribution in [0.1, 0.15) is 12.0 Å². The zero-order chi connectivity index (χ0) is 19.9. The molecule has 0 spiro atoms. The minimum absolute atomic E-state index is 0.163. The van der Waals surface area contributed by atoms with Crippen LogP contribution in [0.2, 0.25) is 0 Å². The Morgan fingerprint density at radius 2 is 2.14 bits per heavy atom. The lowest BCUT2D eigenvalue weighted by Crippen LogP contribution is -2.36. The molecule has 1 fully saturated rings. The standard InChI is InChI=1S/C20H24N6O2S/c27-8-3-11-29-20-23-18(12-19(24-20)26-6-9-28-10-7-26)25-22-14-15-13-21-17-5-2-1-4-16(15)17/h1-2,4-5,12-14,21,27H,3,6-11H2,(H,23,24,25)/b22-14-. The fraction of sp³-hybridized carbons (Fsp3) is 0.350. The van der Waals surface area contributed by atoms with E-state index in [0.29, 0.717) is 30.6 Å². The Kier molecular flexibility index (Phi) is 6.60. The number of nitrogens with zero attached hydrogens (tertiary/aromatic N) is 4. The lowest BCUT2D eigenvalue weighted by Gasteiger charge is -2.28. The summed E-state index contributed by atoms with van der Waals surface area (Å²) in [5.41, 5.74) is 5.13. The number of hydrogen-bond acceptors (Lipinski definition) is 8. The summed E-state index contributed by atoms with van der Waals surface area (Å²) in [4.78, 5) is 14.7. The van der Waals surface area contributed by atoms with Gasteiger partial charge in [-0.25, -0.2) is 9.97 Å². The summed E-state index contributed by atoms with van der Waals surface area (Å²) in [5, 5.41) is 15.2. The summed E-state index contributed by atoms with van der Waals surface area (Å²) in [7, 11) is 0.